The molecule has 43 heavy (non-hydrogen) atoms. The van der Waals surface area contributed by atoms with Crippen molar-refractivity contribution in [3.63, 3.8) is 0 Å². The number of nitrogens with one attached hydrogen (secondary N) is 1. The quantitative estimate of drug-likeness (QED) is 0.378. The Kier molecular flexibility index (Phi) is 8.54. The normalized spacial score (nSPS) is 19.6. The molecule has 0 saturated heterocycles. The minimum absolute atomic E-state index is 0.0434. The van der Waals surface area contributed by atoms with E-state index in [1.54, 1.807) is 12.1 Å². The van der Waals surface area contributed by atoms with E-state index in [-0.39, 0.29) is 30.5 Å². The molecular formula is C32H39F3N4O3S. The molecule has 2 aromatic carbocycles. The van der Waals surface area contributed by atoms with Crippen molar-refractivity contribution in [2.75, 3.05) is 13.6 Å². The molecule has 1 aliphatic carbocycles. The number of nitrogens with zero attached hydrogens (tertiary/aromatic N) is 3. The van der Waals surface area contributed by atoms with Gasteiger partial charge in [-0.15, -0.1) is 0 Å². The van der Waals surface area contributed by atoms with Crippen LogP contribution in [0, 0.1) is 0 Å². The zero-order valence-corrected chi connectivity index (χ0v) is 25.8. The van der Waals surface area contributed by atoms with Crippen molar-refractivity contribution in [3.05, 3.63) is 88.7 Å². The first-order valence-electron chi connectivity index (χ1n) is 14.6. The lowest BCUT2D eigenvalue weighted by atomic mass is 9.87. The van der Waals surface area contributed by atoms with Crippen LogP contribution in [0.4, 0.5) is 13.2 Å². The second-order valence-corrected chi connectivity index (χ2v) is 14.5. The Morgan fingerprint density at radius 2 is 1.79 bits per heavy atom. The third-order valence-electron chi connectivity index (χ3n) is 8.69. The number of carbonyl (C=O) groups excluding carboxylic acids is 1. The lowest BCUT2D eigenvalue weighted by molar-refractivity contribution is -0.137. The summed E-state index contributed by atoms with van der Waals surface area (Å²) in [6.45, 7) is 7.78. The maximum atomic E-state index is 13.7. The van der Waals surface area contributed by atoms with Gasteiger partial charge in [-0.05, 0) is 94.1 Å². The number of sulfonamides is 1. The number of carbonyl (C=O) groups is 1. The SMILES string of the molecule is CN(Cc1ccc2c(c1)CCC(NC(=O)CC1c3cccn3CCN1S(=O)(=O)c1cccc(C(F)(F)F)c1)C2)C(C)(C)C. The topological polar surface area (TPSA) is 74.7 Å². The Hall–Kier alpha value is -3.15. The number of hydrogen-bond acceptors (Lipinski definition) is 4. The second-order valence-electron chi connectivity index (χ2n) is 12.6. The van der Waals surface area contributed by atoms with Crippen LogP contribution in [-0.2, 0) is 46.9 Å². The molecule has 0 spiro atoms. The third-order valence-corrected chi connectivity index (χ3v) is 10.6. The molecule has 2 atom stereocenters. The van der Waals surface area contributed by atoms with Crippen LogP contribution < -0.4 is 5.32 Å². The largest absolute Gasteiger partial charge is 0.416 e. The number of aryl methyl sites for hydroxylation is 1. The molecule has 11 heteroatoms. The molecular weight excluding hydrogens is 577 g/mol. The average molecular weight is 617 g/mol. The molecule has 7 nitrogen and oxygen atoms in total. The van der Waals surface area contributed by atoms with Crippen LogP contribution in [0.15, 0.2) is 65.7 Å². The molecule has 2 aliphatic rings. The Balaban J connectivity index is 1.30. The number of amides is 1. The summed E-state index contributed by atoms with van der Waals surface area (Å²) in [5.74, 6) is -0.291. The Bertz CT molecular complexity index is 1590. The van der Waals surface area contributed by atoms with Crippen LogP contribution >= 0.6 is 0 Å². The van der Waals surface area contributed by atoms with Crippen LogP contribution in [-0.4, -0.2) is 53.3 Å². The predicted octanol–water partition coefficient (Wildman–Crippen LogP) is 5.55. The van der Waals surface area contributed by atoms with Crippen LogP contribution in [0.1, 0.15) is 67.6 Å². The van der Waals surface area contributed by atoms with Gasteiger partial charge in [-0.3, -0.25) is 9.69 Å². The van der Waals surface area contributed by atoms with Gasteiger partial charge in [0, 0.05) is 49.5 Å². The van der Waals surface area contributed by atoms with E-state index in [4.69, 9.17) is 0 Å². The zero-order valence-electron chi connectivity index (χ0n) is 25.0. The highest BCUT2D eigenvalue weighted by atomic mass is 32.2. The lowest BCUT2D eigenvalue weighted by Gasteiger charge is -2.36. The van der Waals surface area contributed by atoms with Crippen molar-refractivity contribution in [1.29, 1.82) is 0 Å². The fraction of sp³-hybridized carbons (Fsp3) is 0.469. The summed E-state index contributed by atoms with van der Waals surface area (Å²) in [5, 5.41) is 3.11. The summed E-state index contributed by atoms with van der Waals surface area (Å²) in [5.41, 5.74) is 3.40. The maximum Gasteiger partial charge on any atom is 0.416 e. The van der Waals surface area contributed by atoms with Gasteiger partial charge in [-0.1, -0.05) is 24.3 Å². The monoisotopic (exact) mass is 616 g/mol. The zero-order chi connectivity index (χ0) is 31.2. The number of alkyl halides is 3. The van der Waals surface area contributed by atoms with Gasteiger partial charge < -0.3 is 9.88 Å². The number of aromatic nitrogens is 1. The van der Waals surface area contributed by atoms with Crippen molar-refractivity contribution in [3.8, 4) is 0 Å². The van der Waals surface area contributed by atoms with Gasteiger partial charge in [0.2, 0.25) is 15.9 Å². The van der Waals surface area contributed by atoms with Gasteiger partial charge in [-0.25, -0.2) is 8.42 Å². The number of rotatable bonds is 7. The highest BCUT2D eigenvalue weighted by molar-refractivity contribution is 7.89. The van der Waals surface area contributed by atoms with E-state index in [9.17, 15) is 26.4 Å². The number of fused-ring (bicyclic) bond motifs is 2. The minimum Gasteiger partial charge on any atom is -0.353 e. The first-order chi connectivity index (χ1) is 20.1. The van der Waals surface area contributed by atoms with Crippen molar-refractivity contribution in [2.45, 2.75) is 88.2 Å². The number of hydrogen-bond donors (Lipinski definition) is 1. The van der Waals surface area contributed by atoms with Crippen LogP contribution in [0.5, 0.6) is 0 Å². The fourth-order valence-corrected chi connectivity index (χ4v) is 7.55. The summed E-state index contributed by atoms with van der Waals surface area (Å²) >= 11 is 0. The van der Waals surface area contributed by atoms with Crippen LogP contribution in [0.3, 0.4) is 0 Å². The van der Waals surface area contributed by atoms with Gasteiger partial charge >= 0.3 is 6.18 Å². The van der Waals surface area contributed by atoms with Gasteiger partial charge in [-0.2, -0.15) is 17.5 Å². The van der Waals surface area contributed by atoms with Gasteiger partial charge in [0.25, 0.3) is 0 Å². The second kappa shape index (κ2) is 11.7. The van der Waals surface area contributed by atoms with Crippen molar-refractivity contribution in [2.24, 2.45) is 0 Å². The summed E-state index contributed by atoms with van der Waals surface area (Å²) < 4.78 is 70.5. The molecule has 1 aliphatic heterocycles. The predicted molar refractivity (Wildman–Crippen MR) is 159 cm³/mol. The Morgan fingerprint density at radius 3 is 2.51 bits per heavy atom. The summed E-state index contributed by atoms with van der Waals surface area (Å²) in [7, 11) is -2.21. The van der Waals surface area contributed by atoms with E-state index in [1.807, 2.05) is 10.8 Å². The highest BCUT2D eigenvalue weighted by Crippen LogP contribution is 2.36. The Morgan fingerprint density at radius 1 is 1.02 bits per heavy atom. The molecule has 232 valence electrons. The van der Waals surface area contributed by atoms with Gasteiger partial charge in [0.1, 0.15) is 0 Å². The van der Waals surface area contributed by atoms with Crippen molar-refractivity contribution < 1.29 is 26.4 Å². The standard InChI is InChI=1S/C32H39F3N4O3S/c1-31(2,3)37(4)21-22-10-11-24-18-26(13-12-23(24)17-22)36-30(40)20-29-28-9-6-14-38(28)15-16-39(29)43(41,42)27-8-5-7-25(19-27)32(33,34)35/h5-11,14,17,19,26,29H,12-13,15-16,18,20-21H2,1-4H3,(H,36,40). The molecule has 0 saturated carbocycles. The molecule has 5 rings (SSSR count). The summed E-state index contributed by atoms with van der Waals surface area (Å²) in [6, 6.07) is 12.9. The van der Waals surface area contributed by atoms with Crippen LogP contribution in [0.25, 0.3) is 0 Å². The van der Waals surface area contributed by atoms with E-state index in [1.165, 1.54) is 27.1 Å². The molecule has 0 radical (unpaired) electrons. The van der Waals surface area contributed by atoms with Crippen molar-refractivity contribution in [1.82, 2.24) is 19.1 Å². The molecule has 1 N–H and O–H groups in total. The molecule has 2 unspecified atom stereocenters. The fourth-order valence-electron chi connectivity index (χ4n) is 5.91. The molecule has 1 amide bonds. The first-order valence-corrected chi connectivity index (χ1v) is 16.0. The minimum atomic E-state index is -4.68. The first kappa shape index (κ1) is 31.3. The highest BCUT2D eigenvalue weighted by Gasteiger charge is 2.39. The van der Waals surface area contributed by atoms with E-state index in [0.717, 1.165) is 31.5 Å². The van der Waals surface area contributed by atoms with E-state index in [0.29, 0.717) is 24.7 Å². The number of halogens is 3. The van der Waals surface area contributed by atoms with Gasteiger partial charge in [0.05, 0.1) is 16.5 Å². The lowest BCUT2D eigenvalue weighted by Crippen LogP contribution is -2.45. The molecule has 0 fully saturated rings. The maximum absolute atomic E-state index is 13.7. The average Bonchev–Trinajstić information content (AvgIpc) is 3.42. The molecule has 1 aromatic heterocycles. The van der Waals surface area contributed by atoms with E-state index < -0.39 is 32.7 Å². The molecule has 3 aromatic rings. The van der Waals surface area contributed by atoms with Crippen LogP contribution in [0.2, 0.25) is 0 Å². The van der Waals surface area contributed by atoms with E-state index >= 15 is 0 Å². The molecule has 2 heterocycles. The summed E-state index contributed by atoms with van der Waals surface area (Å²) in [4.78, 5) is 15.3. The van der Waals surface area contributed by atoms with Crippen molar-refractivity contribution >= 4 is 15.9 Å². The molecule has 0 bridgehead atoms. The smallest absolute Gasteiger partial charge is 0.353 e. The Labute approximate surface area is 251 Å². The third kappa shape index (κ3) is 6.84. The number of benzene rings is 2. The van der Waals surface area contributed by atoms with Gasteiger partial charge in [0.15, 0.2) is 0 Å². The van der Waals surface area contributed by atoms with E-state index in [2.05, 4.69) is 56.2 Å². The summed E-state index contributed by atoms with van der Waals surface area (Å²) in [6.07, 6.45) is -0.710.